The second-order valence-electron chi connectivity index (χ2n) is 11.7. The molecule has 1 unspecified atom stereocenters. The number of nitrogens with two attached hydrogens (primary N) is 1. The number of hydrogen-bond donors (Lipinski definition) is 1. The zero-order chi connectivity index (χ0) is 31.2. The number of halogens is 2. The summed E-state index contributed by atoms with van der Waals surface area (Å²) in [6.45, 7) is 7.89. The van der Waals surface area contributed by atoms with Crippen molar-refractivity contribution in [3.05, 3.63) is 120 Å². The maximum Gasteiger partial charge on any atom is 0.294 e. The van der Waals surface area contributed by atoms with E-state index in [4.69, 9.17) is 17.3 Å². The van der Waals surface area contributed by atoms with Crippen LogP contribution in [0.2, 0.25) is 5.02 Å². The van der Waals surface area contributed by atoms with E-state index in [1.807, 2.05) is 39.8 Å². The van der Waals surface area contributed by atoms with Crippen molar-refractivity contribution in [2.75, 3.05) is 4.90 Å². The van der Waals surface area contributed by atoms with E-state index >= 15 is 0 Å². The monoisotopic (exact) mass is 616 g/mol. The Bertz CT molecular complexity index is 1780. The van der Waals surface area contributed by atoms with Crippen molar-refractivity contribution < 1.29 is 14.1 Å². The van der Waals surface area contributed by atoms with Crippen molar-refractivity contribution in [3.63, 3.8) is 0 Å². The van der Waals surface area contributed by atoms with Crippen LogP contribution in [0.5, 0.6) is 0 Å². The minimum absolute atomic E-state index is 0.0457. The van der Waals surface area contributed by atoms with Crippen LogP contribution in [0.25, 0.3) is 0 Å². The van der Waals surface area contributed by atoms with Crippen LogP contribution in [0.15, 0.2) is 82.2 Å². The summed E-state index contributed by atoms with van der Waals surface area (Å²) >= 11 is 7.68. The summed E-state index contributed by atoms with van der Waals surface area (Å²) in [6, 6.07) is 16.9. The first-order chi connectivity index (χ1) is 20.3. The lowest BCUT2D eigenvalue weighted by Crippen LogP contribution is -2.42. The van der Waals surface area contributed by atoms with E-state index in [9.17, 15) is 24.6 Å². The van der Waals surface area contributed by atoms with Crippen LogP contribution in [-0.4, -0.2) is 10.7 Å². The Balaban J connectivity index is 1.70. The van der Waals surface area contributed by atoms with Gasteiger partial charge in [-0.15, -0.1) is 11.8 Å². The zero-order valence-electron chi connectivity index (χ0n) is 24.2. The largest absolute Gasteiger partial charge is 0.384 e. The number of anilines is 1. The van der Waals surface area contributed by atoms with Gasteiger partial charge < -0.3 is 5.73 Å². The van der Waals surface area contributed by atoms with Crippen LogP contribution < -0.4 is 10.6 Å². The first-order valence-electron chi connectivity index (χ1n) is 13.7. The molecule has 7 nitrogen and oxygen atoms in total. The van der Waals surface area contributed by atoms with Gasteiger partial charge in [-0.1, -0.05) is 37.6 Å². The number of carbonyl (C=O) groups excluding carboxylic acids is 1. The number of ketones is 1. The number of benzene rings is 3. The number of Topliss-reactive ketones (excluding diaryl/α,β-unsaturated/α-hetero) is 1. The van der Waals surface area contributed by atoms with Gasteiger partial charge in [0.15, 0.2) is 5.78 Å². The second-order valence-corrected chi connectivity index (χ2v) is 13.2. The molecule has 0 saturated heterocycles. The van der Waals surface area contributed by atoms with Gasteiger partial charge in [-0.25, -0.2) is 4.39 Å². The van der Waals surface area contributed by atoms with Gasteiger partial charge in [0.2, 0.25) is 0 Å². The smallest absolute Gasteiger partial charge is 0.294 e. The Morgan fingerprint density at radius 3 is 2.49 bits per heavy atom. The van der Waals surface area contributed by atoms with Crippen LogP contribution in [0.4, 0.5) is 15.8 Å². The molecule has 0 saturated carbocycles. The molecule has 1 aliphatic carbocycles. The molecule has 3 aromatic carbocycles. The normalized spacial score (nSPS) is 18.0. The highest BCUT2D eigenvalue weighted by atomic mass is 35.5. The van der Waals surface area contributed by atoms with Crippen LogP contribution >= 0.6 is 23.4 Å². The van der Waals surface area contributed by atoms with Crippen LogP contribution in [0.3, 0.4) is 0 Å². The van der Waals surface area contributed by atoms with E-state index in [1.165, 1.54) is 35.2 Å². The number of thioether (sulfide) groups is 1. The molecule has 0 aromatic heterocycles. The van der Waals surface area contributed by atoms with E-state index in [0.29, 0.717) is 23.4 Å². The highest BCUT2D eigenvalue weighted by Gasteiger charge is 2.46. The molecular formula is C33H30ClFN4O3S. The number of carbonyl (C=O) groups is 1. The maximum absolute atomic E-state index is 14.0. The number of allylic oxidation sites excluding steroid dienone is 3. The SMILES string of the molecule is Cc1cc(C)c(C2C(C#N)=C(N)N(c3ccc(Cl)cc3[N+](=O)[O-])C3=C2C(=O)CC(C)(C)C3)cc1CSc1ccc(F)cc1. The van der Waals surface area contributed by atoms with Gasteiger partial charge in [-0.05, 0) is 84.3 Å². The Labute approximate surface area is 259 Å². The summed E-state index contributed by atoms with van der Waals surface area (Å²) in [4.78, 5) is 28.0. The predicted molar refractivity (Wildman–Crippen MR) is 167 cm³/mol. The number of nitriles is 1. The predicted octanol–water partition coefficient (Wildman–Crippen LogP) is 8.24. The van der Waals surface area contributed by atoms with Crippen molar-refractivity contribution in [2.24, 2.45) is 11.1 Å². The van der Waals surface area contributed by atoms with Gasteiger partial charge in [0, 0.05) is 39.4 Å². The molecule has 2 aliphatic rings. The number of nitrogens with zero attached hydrogens (tertiary/aromatic N) is 3. The average molecular weight is 617 g/mol. The van der Waals surface area contributed by atoms with Gasteiger partial charge >= 0.3 is 0 Å². The summed E-state index contributed by atoms with van der Waals surface area (Å²) in [5.74, 6) is -0.522. The third kappa shape index (κ3) is 5.77. The molecular weight excluding hydrogens is 587 g/mol. The Morgan fingerprint density at radius 1 is 1.14 bits per heavy atom. The molecule has 0 bridgehead atoms. The third-order valence-corrected chi connectivity index (χ3v) is 9.30. The minimum atomic E-state index is -0.735. The van der Waals surface area contributed by atoms with Gasteiger partial charge in [0.05, 0.1) is 22.5 Å². The minimum Gasteiger partial charge on any atom is -0.384 e. The van der Waals surface area contributed by atoms with Crippen molar-refractivity contribution in [2.45, 2.75) is 57.1 Å². The molecule has 5 rings (SSSR count). The van der Waals surface area contributed by atoms with Gasteiger partial charge in [-0.3, -0.25) is 19.8 Å². The quantitative estimate of drug-likeness (QED) is 0.168. The molecule has 3 aromatic rings. The van der Waals surface area contributed by atoms with Crippen LogP contribution in [-0.2, 0) is 10.5 Å². The molecule has 43 heavy (non-hydrogen) atoms. The maximum atomic E-state index is 14.0. The fourth-order valence-corrected chi connectivity index (χ4v) is 7.13. The highest BCUT2D eigenvalue weighted by molar-refractivity contribution is 7.98. The van der Waals surface area contributed by atoms with Gasteiger partial charge in [-0.2, -0.15) is 5.26 Å². The van der Waals surface area contributed by atoms with Gasteiger partial charge in [0.25, 0.3) is 5.69 Å². The molecule has 220 valence electrons. The van der Waals surface area contributed by atoms with Crippen molar-refractivity contribution in [3.8, 4) is 6.07 Å². The molecule has 10 heteroatoms. The fraction of sp³-hybridized carbons (Fsp3) is 0.273. The first kappa shape index (κ1) is 30.3. The molecule has 0 spiro atoms. The number of rotatable bonds is 6. The lowest BCUT2D eigenvalue weighted by atomic mass is 9.68. The summed E-state index contributed by atoms with van der Waals surface area (Å²) in [6.07, 6.45) is 0.678. The third-order valence-electron chi connectivity index (χ3n) is 8.00. The Morgan fingerprint density at radius 2 is 1.84 bits per heavy atom. The molecule has 0 amide bonds. The number of aryl methyl sites for hydroxylation is 2. The second kappa shape index (κ2) is 11.5. The zero-order valence-corrected chi connectivity index (χ0v) is 25.8. The number of nitro groups is 1. The van der Waals surface area contributed by atoms with Crippen molar-refractivity contribution in [1.82, 2.24) is 0 Å². The summed E-state index contributed by atoms with van der Waals surface area (Å²) in [5, 5.41) is 22.8. The lowest BCUT2D eigenvalue weighted by molar-refractivity contribution is -0.384. The topological polar surface area (TPSA) is 113 Å². The van der Waals surface area contributed by atoms with E-state index in [0.717, 1.165) is 27.1 Å². The summed E-state index contributed by atoms with van der Waals surface area (Å²) in [7, 11) is 0. The van der Waals surface area contributed by atoms with Crippen molar-refractivity contribution in [1.29, 1.82) is 5.26 Å². The molecule has 0 fully saturated rings. The summed E-state index contributed by atoms with van der Waals surface area (Å²) in [5.41, 5.74) is 11.0. The van der Waals surface area contributed by atoms with E-state index in [2.05, 4.69) is 6.07 Å². The highest BCUT2D eigenvalue weighted by Crippen LogP contribution is 2.52. The lowest BCUT2D eigenvalue weighted by Gasteiger charge is -2.43. The number of nitro benzene ring substituents is 1. The molecule has 1 heterocycles. The number of hydrogen-bond acceptors (Lipinski definition) is 7. The standard InChI is InChI=1S/C33H30ClFN4O3S/c1-18-11-19(2)24(12-20(18)17-43-23-8-6-22(35)7-9-23)30-25(16-36)32(37)38(26-10-5-21(34)13-27(26)39(41)42)28-14-33(3,4)15-29(40)31(28)30/h5-13,30H,14-15,17,37H2,1-4H3. The van der Waals surface area contributed by atoms with Crippen LogP contribution in [0.1, 0.15) is 54.9 Å². The average Bonchev–Trinajstić information content (AvgIpc) is 2.93. The molecule has 1 aliphatic heterocycles. The van der Waals surface area contributed by atoms with E-state index in [-0.39, 0.29) is 45.8 Å². The molecule has 1 atom stereocenters. The van der Waals surface area contributed by atoms with E-state index < -0.39 is 16.3 Å². The van der Waals surface area contributed by atoms with Gasteiger partial charge in [0.1, 0.15) is 17.3 Å². The first-order valence-corrected chi connectivity index (χ1v) is 15.1. The summed E-state index contributed by atoms with van der Waals surface area (Å²) < 4.78 is 13.4. The fourth-order valence-electron chi connectivity index (χ4n) is 6.00. The van der Waals surface area contributed by atoms with Crippen molar-refractivity contribution >= 4 is 40.5 Å². The molecule has 0 radical (unpaired) electrons. The van der Waals surface area contributed by atoms with Crippen LogP contribution in [0, 0.1) is 46.5 Å². The molecule has 2 N–H and O–H groups in total. The Hall–Kier alpha value is -4.13. The Kier molecular flexibility index (Phi) is 8.12. The van der Waals surface area contributed by atoms with E-state index in [1.54, 1.807) is 23.9 Å².